The van der Waals surface area contributed by atoms with Gasteiger partial charge in [0.15, 0.2) is 0 Å². The molecule has 30 heavy (non-hydrogen) atoms. The summed E-state index contributed by atoms with van der Waals surface area (Å²) in [6.45, 7) is 7.55. The Hall–Kier alpha value is -2.80. The second-order valence-electron chi connectivity index (χ2n) is 7.55. The van der Waals surface area contributed by atoms with Crippen molar-refractivity contribution in [3.05, 3.63) is 53.6 Å². The first-order chi connectivity index (χ1) is 14.3. The predicted molar refractivity (Wildman–Crippen MR) is 119 cm³/mol. The van der Waals surface area contributed by atoms with Crippen molar-refractivity contribution < 1.29 is 14.4 Å². The van der Waals surface area contributed by atoms with Crippen molar-refractivity contribution >= 4 is 35.3 Å². The van der Waals surface area contributed by atoms with Gasteiger partial charge in [-0.3, -0.25) is 14.5 Å². The van der Waals surface area contributed by atoms with Gasteiger partial charge >= 0.3 is 6.03 Å². The van der Waals surface area contributed by atoms with Crippen molar-refractivity contribution in [1.29, 1.82) is 0 Å². The minimum absolute atomic E-state index is 0.300. The summed E-state index contributed by atoms with van der Waals surface area (Å²) in [5.41, 5.74) is 2.15. The molecule has 0 aromatic heterocycles. The van der Waals surface area contributed by atoms with Crippen molar-refractivity contribution in [3.8, 4) is 0 Å². The summed E-state index contributed by atoms with van der Waals surface area (Å²) in [6.07, 6.45) is 0.984. The Bertz CT molecular complexity index is 968. The fourth-order valence-corrected chi connectivity index (χ4v) is 4.44. The molecule has 0 bridgehead atoms. The first kappa shape index (κ1) is 21.9. The molecular weight excluding hydrogens is 398 g/mol. The summed E-state index contributed by atoms with van der Waals surface area (Å²) in [5, 5.41) is 5.49. The lowest BCUT2D eigenvalue weighted by molar-refractivity contribution is -0.134. The van der Waals surface area contributed by atoms with Gasteiger partial charge in [0.2, 0.25) is 5.91 Å². The van der Waals surface area contributed by atoms with E-state index < -0.39 is 17.5 Å². The van der Waals surface area contributed by atoms with E-state index in [1.54, 1.807) is 11.8 Å². The molecule has 2 aromatic carbocycles. The Morgan fingerprint density at radius 3 is 2.33 bits per heavy atom. The van der Waals surface area contributed by atoms with Gasteiger partial charge in [-0.15, -0.1) is 0 Å². The third-order valence-corrected chi connectivity index (χ3v) is 6.63. The molecule has 6 nitrogen and oxygen atoms in total. The number of hydrogen-bond donors (Lipinski definition) is 2. The van der Waals surface area contributed by atoms with Crippen LogP contribution in [-0.4, -0.2) is 34.8 Å². The molecule has 3 rings (SSSR count). The van der Waals surface area contributed by atoms with E-state index in [9.17, 15) is 14.4 Å². The van der Waals surface area contributed by atoms with Crippen LogP contribution in [0.3, 0.4) is 0 Å². The maximum absolute atomic E-state index is 12.6. The Kier molecular flexibility index (Phi) is 6.51. The predicted octanol–water partition coefficient (Wildman–Crippen LogP) is 4.50. The lowest BCUT2D eigenvalue weighted by Gasteiger charge is -2.23. The lowest BCUT2D eigenvalue weighted by Crippen LogP contribution is -2.46. The molecule has 7 heteroatoms. The SMILES string of the molecule is CCC1(CC)NC(=O)N(CC(=O)Nc2ccc(Sc3cc(C)ccc3C)cc2)C1=O. The maximum atomic E-state index is 12.6. The van der Waals surface area contributed by atoms with Crippen LogP contribution in [-0.2, 0) is 9.59 Å². The van der Waals surface area contributed by atoms with Gasteiger partial charge in [0.05, 0.1) is 0 Å². The van der Waals surface area contributed by atoms with Gasteiger partial charge in [0, 0.05) is 15.5 Å². The molecule has 0 aliphatic carbocycles. The summed E-state index contributed by atoms with van der Waals surface area (Å²) in [6, 6.07) is 13.4. The van der Waals surface area contributed by atoms with E-state index in [4.69, 9.17) is 0 Å². The number of rotatable bonds is 7. The standard InChI is InChI=1S/C23H27N3O3S/c1-5-23(6-2)21(28)26(22(29)25-23)14-20(27)24-17-9-11-18(12-10-17)30-19-13-15(3)7-8-16(19)4/h7-13H,5-6,14H2,1-4H3,(H,24,27)(H,25,29). The molecule has 4 amide bonds. The van der Waals surface area contributed by atoms with Gasteiger partial charge in [0.1, 0.15) is 12.1 Å². The maximum Gasteiger partial charge on any atom is 0.325 e. The first-order valence-corrected chi connectivity index (χ1v) is 10.9. The molecule has 1 fully saturated rings. The fourth-order valence-electron chi connectivity index (χ4n) is 3.44. The highest BCUT2D eigenvalue weighted by Crippen LogP contribution is 2.31. The van der Waals surface area contributed by atoms with E-state index in [1.807, 2.05) is 38.1 Å². The van der Waals surface area contributed by atoms with Crippen molar-refractivity contribution in [2.45, 2.75) is 55.9 Å². The molecular formula is C23H27N3O3S. The number of hydrogen-bond acceptors (Lipinski definition) is 4. The van der Waals surface area contributed by atoms with Crippen LogP contribution in [0, 0.1) is 13.8 Å². The summed E-state index contributed by atoms with van der Waals surface area (Å²) >= 11 is 1.67. The molecule has 1 aliphatic rings. The lowest BCUT2D eigenvalue weighted by atomic mass is 9.93. The molecule has 1 heterocycles. The van der Waals surface area contributed by atoms with Crippen molar-refractivity contribution in [1.82, 2.24) is 10.2 Å². The van der Waals surface area contributed by atoms with Crippen molar-refractivity contribution in [3.63, 3.8) is 0 Å². The zero-order valence-electron chi connectivity index (χ0n) is 17.7. The Morgan fingerprint density at radius 1 is 1.07 bits per heavy atom. The summed E-state index contributed by atoms with van der Waals surface area (Å²) in [5.74, 6) is -0.746. The number of benzene rings is 2. The first-order valence-electron chi connectivity index (χ1n) is 10.1. The van der Waals surface area contributed by atoms with Gasteiger partial charge in [-0.2, -0.15) is 0 Å². The van der Waals surface area contributed by atoms with Crippen LogP contribution in [0.5, 0.6) is 0 Å². The van der Waals surface area contributed by atoms with E-state index in [0.717, 1.165) is 9.80 Å². The van der Waals surface area contributed by atoms with Crippen LogP contribution in [0.15, 0.2) is 52.3 Å². The van der Waals surface area contributed by atoms with Gasteiger partial charge in [-0.05, 0) is 68.1 Å². The number of amides is 4. The monoisotopic (exact) mass is 425 g/mol. The molecule has 2 aromatic rings. The molecule has 0 atom stereocenters. The molecule has 0 radical (unpaired) electrons. The van der Waals surface area contributed by atoms with E-state index in [0.29, 0.717) is 18.5 Å². The number of imide groups is 1. The Balaban J connectivity index is 1.62. The minimum Gasteiger partial charge on any atom is -0.325 e. The molecule has 0 spiro atoms. The van der Waals surface area contributed by atoms with Gasteiger partial charge in [-0.25, -0.2) is 4.79 Å². The summed E-state index contributed by atoms with van der Waals surface area (Å²) in [7, 11) is 0. The molecule has 0 saturated carbocycles. The van der Waals surface area contributed by atoms with E-state index in [2.05, 4.69) is 42.7 Å². The second kappa shape index (κ2) is 8.92. The van der Waals surface area contributed by atoms with Crippen LogP contribution < -0.4 is 10.6 Å². The van der Waals surface area contributed by atoms with Crippen molar-refractivity contribution in [2.24, 2.45) is 0 Å². The van der Waals surface area contributed by atoms with E-state index in [1.165, 1.54) is 16.0 Å². The van der Waals surface area contributed by atoms with Crippen LogP contribution in [0.25, 0.3) is 0 Å². The number of carbonyl (C=O) groups is 3. The van der Waals surface area contributed by atoms with E-state index in [-0.39, 0.29) is 12.5 Å². The summed E-state index contributed by atoms with van der Waals surface area (Å²) in [4.78, 5) is 40.5. The van der Waals surface area contributed by atoms with Crippen molar-refractivity contribution in [2.75, 3.05) is 11.9 Å². The van der Waals surface area contributed by atoms with Crippen LogP contribution >= 0.6 is 11.8 Å². The minimum atomic E-state index is -0.899. The highest BCUT2D eigenvalue weighted by Gasteiger charge is 2.49. The zero-order chi connectivity index (χ0) is 21.9. The molecule has 1 saturated heterocycles. The highest BCUT2D eigenvalue weighted by molar-refractivity contribution is 7.99. The van der Waals surface area contributed by atoms with Gasteiger partial charge in [-0.1, -0.05) is 37.7 Å². The van der Waals surface area contributed by atoms with Gasteiger partial charge in [0.25, 0.3) is 5.91 Å². The Labute approximate surface area is 181 Å². The van der Waals surface area contributed by atoms with Gasteiger partial charge < -0.3 is 10.6 Å². The normalized spacial score (nSPS) is 15.3. The number of nitrogens with one attached hydrogen (secondary N) is 2. The topological polar surface area (TPSA) is 78.5 Å². The number of nitrogens with zero attached hydrogens (tertiary/aromatic N) is 1. The zero-order valence-corrected chi connectivity index (χ0v) is 18.6. The highest BCUT2D eigenvalue weighted by atomic mass is 32.2. The number of aryl methyl sites for hydroxylation is 2. The molecule has 0 unspecified atom stereocenters. The van der Waals surface area contributed by atoms with Crippen LogP contribution in [0.4, 0.5) is 10.5 Å². The molecule has 2 N–H and O–H groups in total. The molecule has 1 aliphatic heterocycles. The van der Waals surface area contributed by atoms with Crippen LogP contribution in [0.2, 0.25) is 0 Å². The average Bonchev–Trinajstić information content (AvgIpc) is 2.96. The third-order valence-electron chi connectivity index (χ3n) is 5.46. The largest absolute Gasteiger partial charge is 0.325 e. The number of urea groups is 1. The average molecular weight is 426 g/mol. The third kappa shape index (κ3) is 4.51. The van der Waals surface area contributed by atoms with E-state index >= 15 is 0 Å². The second-order valence-corrected chi connectivity index (χ2v) is 8.67. The number of anilines is 1. The quantitative estimate of drug-likeness (QED) is 0.640. The smallest absolute Gasteiger partial charge is 0.325 e. The Morgan fingerprint density at radius 2 is 1.73 bits per heavy atom. The fraction of sp³-hybridized carbons (Fsp3) is 0.348. The van der Waals surface area contributed by atoms with Crippen LogP contribution in [0.1, 0.15) is 37.8 Å². The molecule has 158 valence electrons. The summed E-state index contributed by atoms with van der Waals surface area (Å²) < 4.78 is 0. The number of carbonyl (C=O) groups excluding carboxylic acids is 3.